The smallest absolute Gasteiger partial charge is 0.212 e. The van der Waals surface area contributed by atoms with Crippen LogP contribution in [0.2, 0.25) is 0 Å². The average molecular weight is 532 g/mol. The summed E-state index contributed by atoms with van der Waals surface area (Å²) < 4.78 is 17.2. The first-order chi connectivity index (χ1) is 18.0. The van der Waals surface area contributed by atoms with E-state index in [2.05, 4.69) is 21.0 Å². The number of likely N-dealkylation sites (N-methyl/N-ethyl adjacent to an activating group) is 1. The summed E-state index contributed by atoms with van der Waals surface area (Å²) in [7, 11) is 7.28. The molecule has 1 unspecified atom stereocenters. The van der Waals surface area contributed by atoms with E-state index >= 15 is 0 Å². The Morgan fingerprint density at radius 1 is 0.974 bits per heavy atom. The largest absolute Gasteiger partial charge is 0.493 e. The molecule has 1 aliphatic rings. The van der Waals surface area contributed by atoms with Crippen LogP contribution in [0.25, 0.3) is 22.2 Å². The van der Waals surface area contributed by atoms with Crippen molar-refractivity contribution < 1.29 is 19.0 Å². The zero-order chi connectivity index (χ0) is 25.9. The van der Waals surface area contributed by atoms with Crippen LogP contribution in [0, 0.1) is 12.3 Å². The first-order valence-electron chi connectivity index (χ1n) is 12.0. The fourth-order valence-electron chi connectivity index (χ4n) is 4.49. The summed E-state index contributed by atoms with van der Waals surface area (Å²) in [6, 6.07) is 19.5. The van der Waals surface area contributed by atoms with Crippen LogP contribution in [0.1, 0.15) is 22.8 Å². The first kappa shape index (κ1) is 26.9. The number of hydrogen-bond acceptors (Lipinski definition) is 6. The molecule has 5 rings (SSSR count). The Hall–Kier alpha value is -4.12. The molecule has 3 aromatic carbocycles. The lowest BCUT2D eigenvalue weighted by atomic mass is 10.1. The van der Waals surface area contributed by atoms with Crippen LogP contribution < -0.4 is 14.2 Å². The van der Waals surface area contributed by atoms with Crippen LogP contribution in [0.3, 0.4) is 0 Å². The van der Waals surface area contributed by atoms with E-state index in [1.165, 1.54) is 0 Å². The molecule has 0 aliphatic heterocycles. The van der Waals surface area contributed by atoms with Gasteiger partial charge in [-0.05, 0) is 44.4 Å². The fraction of sp³-hybridized carbons (Fsp3) is 0.233. The van der Waals surface area contributed by atoms with Crippen molar-refractivity contribution in [3.05, 3.63) is 77.4 Å². The molecule has 8 heteroatoms. The van der Waals surface area contributed by atoms with Gasteiger partial charge in [0.25, 0.3) is 0 Å². The number of benzene rings is 3. The van der Waals surface area contributed by atoms with Crippen molar-refractivity contribution in [3.63, 3.8) is 0 Å². The number of ether oxygens (including phenoxy) is 3. The maximum absolute atomic E-state index is 6.02. The third-order valence-electron chi connectivity index (χ3n) is 6.37. The van der Waals surface area contributed by atoms with Gasteiger partial charge in [-0.25, -0.2) is 0 Å². The second-order valence-corrected chi connectivity index (χ2v) is 8.99. The summed E-state index contributed by atoms with van der Waals surface area (Å²) in [6.45, 7) is 1.41. The molecule has 0 saturated carbocycles. The molecule has 0 amide bonds. The third-order valence-corrected chi connectivity index (χ3v) is 6.37. The van der Waals surface area contributed by atoms with Gasteiger partial charge in [0.1, 0.15) is 18.1 Å². The van der Waals surface area contributed by atoms with Gasteiger partial charge in [0.2, 0.25) is 6.10 Å². The van der Waals surface area contributed by atoms with Crippen molar-refractivity contribution in [2.75, 3.05) is 41.5 Å². The number of H-pyrrole nitrogens is 1. The number of aromatic amines is 1. The van der Waals surface area contributed by atoms with Gasteiger partial charge >= 0.3 is 0 Å². The van der Waals surface area contributed by atoms with Crippen molar-refractivity contribution in [3.8, 4) is 40.8 Å². The summed E-state index contributed by atoms with van der Waals surface area (Å²) in [6.07, 6.45) is 5.19. The predicted molar refractivity (Wildman–Crippen MR) is 153 cm³/mol. The zero-order valence-corrected chi connectivity index (χ0v) is 22.6. The van der Waals surface area contributed by atoms with E-state index < -0.39 is 6.10 Å². The zero-order valence-electron chi connectivity index (χ0n) is 21.8. The van der Waals surface area contributed by atoms with Crippen molar-refractivity contribution in [2.45, 2.75) is 6.10 Å². The summed E-state index contributed by atoms with van der Waals surface area (Å²) in [5.74, 6) is 4.72. The van der Waals surface area contributed by atoms with E-state index in [9.17, 15) is 0 Å². The van der Waals surface area contributed by atoms with Crippen molar-refractivity contribution in [2.24, 2.45) is 5.16 Å². The van der Waals surface area contributed by atoms with E-state index in [0.717, 1.165) is 51.1 Å². The molecule has 1 heterocycles. The highest BCUT2D eigenvalue weighted by Gasteiger charge is 2.32. The first-order valence-corrected chi connectivity index (χ1v) is 12.0. The number of nitrogens with one attached hydrogen (secondary N) is 1. The molecule has 1 aromatic heterocycles. The van der Waals surface area contributed by atoms with Gasteiger partial charge in [0.15, 0.2) is 11.5 Å². The highest BCUT2D eigenvalue weighted by molar-refractivity contribution is 6.30. The Kier molecular flexibility index (Phi) is 8.16. The number of oxime groups is 1. The number of nitrogens with zero attached hydrogens (tertiary/aromatic N) is 2. The molecule has 1 aliphatic carbocycles. The molecule has 4 aromatic rings. The SMILES string of the molecule is C#CC(O/N=C1/c2cc(OC)c(OC)cc2-c2[nH]c3ccc(OCCN(C)C)cc3c21)c1ccccc1.Cl. The maximum Gasteiger partial charge on any atom is 0.212 e. The Balaban J connectivity index is 0.00000336. The second-order valence-electron chi connectivity index (χ2n) is 8.99. The van der Waals surface area contributed by atoms with Crippen molar-refractivity contribution in [1.82, 2.24) is 9.88 Å². The molecular formula is C30H30ClN3O4. The number of hydrogen-bond donors (Lipinski definition) is 1. The molecule has 1 N–H and O–H groups in total. The highest BCUT2D eigenvalue weighted by Crippen LogP contribution is 2.46. The molecule has 0 radical (unpaired) electrons. The summed E-state index contributed by atoms with van der Waals surface area (Å²) in [4.78, 5) is 11.6. The van der Waals surface area contributed by atoms with Gasteiger partial charge in [0.05, 0.1) is 19.9 Å². The Morgan fingerprint density at radius 2 is 1.68 bits per heavy atom. The van der Waals surface area contributed by atoms with Gasteiger partial charge in [-0.2, -0.15) is 0 Å². The lowest BCUT2D eigenvalue weighted by Gasteiger charge is -2.13. The van der Waals surface area contributed by atoms with Gasteiger partial charge in [-0.3, -0.25) is 0 Å². The van der Waals surface area contributed by atoms with Crippen LogP contribution in [0.4, 0.5) is 0 Å². The minimum absolute atomic E-state index is 0. The number of terminal acetylenes is 1. The van der Waals surface area contributed by atoms with Gasteiger partial charge in [-0.15, -0.1) is 18.8 Å². The van der Waals surface area contributed by atoms with Crippen molar-refractivity contribution >= 4 is 29.0 Å². The molecule has 0 spiro atoms. The molecule has 0 fully saturated rings. The minimum Gasteiger partial charge on any atom is -0.493 e. The van der Waals surface area contributed by atoms with E-state index in [0.29, 0.717) is 23.8 Å². The molecule has 1 atom stereocenters. The summed E-state index contributed by atoms with van der Waals surface area (Å²) >= 11 is 0. The topological polar surface area (TPSA) is 68.3 Å². The third kappa shape index (κ3) is 5.01. The lowest BCUT2D eigenvalue weighted by Crippen LogP contribution is -2.19. The van der Waals surface area contributed by atoms with Crippen LogP contribution in [-0.2, 0) is 4.84 Å². The number of halogens is 1. The van der Waals surface area contributed by atoms with Crippen LogP contribution in [-0.4, -0.2) is 57.1 Å². The van der Waals surface area contributed by atoms with Crippen LogP contribution >= 0.6 is 12.4 Å². The molecule has 0 bridgehead atoms. The number of methoxy groups -OCH3 is 2. The number of aromatic nitrogens is 1. The number of fused-ring (bicyclic) bond motifs is 5. The monoisotopic (exact) mass is 531 g/mol. The normalized spacial score (nSPS) is 13.4. The molecule has 196 valence electrons. The second kappa shape index (κ2) is 11.5. The molecule has 7 nitrogen and oxygen atoms in total. The Bertz CT molecular complexity index is 1510. The highest BCUT2D eigenvalue weighted by atomic mass is 35.5. The van der Waals surface area contributed by atoms with Crippen LogP contribution in [0.5, 0.6) is 17.2 Å². The Labute approximate surface area is 228 Å². The van der Waals surface area contributed by atoms with Crippen molar-refractivity contribution in [1.29, 1.82) is 0 Å². The molecule has 38 heavy (non-hydrogen) atoms. The summed E-state index contributed by atoms with van der Waals surface area (Å²) in [5.41, 5.74) is 6.14. The van der Waals surface area contributed by atoms with Gasteiger partial charge < -0.3 is 28.9 Å². The Morgan fingerprint density at radius 3 is 2.34 bits per heavy atom. The van der Waals surface area contributed by atoms with Crippen LogP contribution in [0.15, 0.2) is 65.8 Å². The van der Waals surface area contributed by atoms with E-state index in [1.807, 2.05) is 74.8 Å². The minimum atomic E-state index is -0.628. The number of rotatable bonds is 9. The summed E-state index contributed by atoms with van der Waals surface area (Å²) in [5, 5.41) is 5.61. The molecular weight excluding hydrogens is 502 g/mol. The lowest BCUT2D eigenvalue weighted by molar-refractivity contribution is 0.100. The predicted octanol–water partition coefficient (Wildman–Crippen LogP) is 5.67. The van der Waals surface area contributed by atoms with E-state index in [1.54, 1.807) is 14.2 Å². The average Bonchev–Trinajstić information content (AvgIpc) is 3.43. The molecule has 0 saturated heterocycles. The van der Waals surface area contributed by atoms with E-state index in [4.69, 9.17) is 25.5 Å². The maximum atomic E-state index is 6.02. The quantitative estimate of drug-likeness (QED) is 0.196. The van der Waals surface area contributed by atoms with Gasteiger partial charge in [-0.1, -0.05) is 41.4 Å². The standard InChI is InChI=1S/C30H29N3O4.ClH/c1-6-25(19-10-8-7-9-11-19)37-32-30-22-18-27(35-5)26(34-4)17-21(22)29-28(30)23-16-20(12-13-24(23)31-29)36-15-14-33(2)3;/h1,7-13,16-18,25,31H,14-15H2,2-5H3;1H/b32-30-;. The van der Waals surface area contributed by atoms with Gasteiger partial charge in [0, 0.05) is 39.7 Å². The fourth-order valence-corrected chi connectivity index (χ4v) is 4.49. The van der Waals surface area contributed by atoms with E-state index in [-0.39, 0.29) is 12.4 Å².